The SMILES string of the molecule is CN(CCO)S(=O)(=O)C(F)F. The van der Waals surface area contributed by atoms with Crippen LogP contribution in [-0.2, 0) is 10.0 Å². The molecular formula is C4H9F2NO3S. The van der Waals surface area contributed by atoms with Gasteiger partial charge in [-0.2, -0.15) is 13.1 Å². The molecule has 0 heterocycles. The molecule has 0 aliphatic carbocycles. The fourth-order valence-electron chi connectivity index (χ4n) is 0.404. The van der Waals surface area contributed by atoms with E-state index in [-0.39, 0.29) is 6.54 Å². The van der Waals surface area contributed by atoms with Crippen LogP contribution in [0.2, 0.25) is 0 Å². The Morgan fingerprint density at radius 2 is 2.00 bits per heavy atom. The number of sulfonamides is 1. The summed E-state index contributed by atoms with van der Waals surface area (Å²) in [5.41, 5.74) is 0. The number of aliphatic hydroxyl groups is 1. The molecule has 0 radical (unpaired) electrons. The number of nitrogens with zero attached hydrogens (tertiary/aromatic N) is 1. The molecule has 0 bridgehead atoms. The Hall–Kier alpha value is -0.270. The maximum absolute atomic E-state index is 11.7. The van der Waals surface area contributed by atoms with Crippen molar-refractivity contribution in [1.29, 1.82) is 0 Å². The summed E-state index contributed by atoms with van der Waals surface area (Å²) in [6.07, 6.45) is 0. The van der Waals surface area contributed by atoms with E-state index in [4.69, 9.17) is 5.11 Å². The van der Waals surface area contributed by atoms with E-state index >= 15 is 0 Å². The first kappa shape index (κ1) is 10.7. The third-order valence-corrected chi connectivity index (χ3v) is 2.58. The highest BCUT2D eigenvalue weighted by molar-refractivity contribution is 7.89. The maximum Gasteiger partial charge on any atom is 0.350 e. The number of rotatable bonds is 4. The van der Waals surface area contributed by atoms with Crippen molar-refractivity contribution in [2.24, 2.45) is 0 Å². The summed E-state index contributed by atoms with van der Waals surface area (Å²) in [6.45, 7) is -0.783. The van der Waals surface area contributed by atoms with E-state index in [1.54, 1.807) is 0 Å². The average Bonchev–Trinajstić information content (AvgIpc) is 1.88. The lowest BCUT2D eigenvalue weighted by atomic mass is 10.7. The summed E-state index contributed by atoms with van der Waals surface area (Å²) in [4.78, 5) is 0. The number of hydrogen-bond acceptors (Lipinski definition) is 3. The predicted octanol–water partition coefficient (Wildman–Crippen LogP) is -0.537. The first-order chi connectivity index (χ1) is 4.92. The van der Waals surface area contributed by atoms with Crippen molar-refractivity contribution in [3.05, 3.63) is 0 Å². The van der Waals surface area contributed by atoms with Gasteiger partial charge in [0.1, 0.15) is 0 Å². The maximum atomic E-state index is 11.7. The van der Waals surface area contributed by atoms with Gasteiger partial charge in [0.05, 0.1) is 6.61 Å². The van der Waals surface area contributed by atoms with Crippen LogP contribution in [0, 0.1) is 0 Å². The zero-order valence-corrected chi connectivity index (χ0v) is 6.68. The third kappa shape index (κ3) is 2.68. The molecule has 0 aliphatic rings. The normalized spacial score (nSPS) is 12.9. The molecule has 0 saturated heterocycles. The summed E-state index contributed by atoms with van der Waals surface area (Å²) < 4.78 is 44.7. The third-order valence-electron chi connectivity index (χ3n) is 1.07. The van der Waals surface area contributed by atoms with Crippen molar-refractivity contribution in [3.63, 3.8) is 0 Å². The Balaban J connectivity index is 4.32. The Labute approximate surface area is 63.5 Å². The lowest BCUT2D eigenvalue weighted by Gasteiger charge is -2.13. The second kappa shape index (κ2) is 3.93. The molecule has 0 fully saturated rings. The number of hydrogen-bond donors (Lipinski definition) is 1. The van der Waals surface area contributed by atoms with Crippen molar-refractivity contribution in [2.45, 2.75) is 5.76 Å². The number of aliphatic hydroxyl groups excluding tert-OH is 1. The van der Waals surface area contributed by atoms with E-state index in [0.717, 1.165) is 7.05 Å². The van der Waals surface area contributed by atoms with Crippen LogP contribution < -0.4 is 0 Å². The van der Waals surface area contributed by atoms with E-state index in [1.807, 2.05) is 0 Å². The summed E-state index contributed by atoms with van der Waals surface area (Å²) in [5.74, 6) is -3.42. The van der Waals surface area contributed by atoms with E-state index in [9.17, 15) is 17.2 Å². The highest BCUT2D eigenvalue weighted by atomic mass is 32.2. The fraction of sp³-hybridized carbons (Fsp3) is 1.00. The highest BCUT2D eigenvalue weighted by Gasteiger charge is 2.28. The average molecular weight is 189 g/mol. The molecular weight excluding hydrogens is 180 g/mol. The van der Waals surface area contributed by atoms with Crippen LogP contribution >= 0.6 is 0 Å². The van der Waals surface area contributed by atoms with Crippen molar-refractivity contribution < 1.29 is 22.3 Å². The molecule has 11 heavy (non-hydrogen) atoms. The van der Waals surface area contributed by atoms with Gasteiger partial charge in [0, 0.05) is 13.6 Å². The lowest BCUT2D eigenvalue weighted by Crippen LogP contribution is -2.33. The van der Waals surface area contributed by atoms with Gasteiger partial charge in [0.15, 0.2) is 0 Å². The van der Waals surface area contributed by atoms with Crippen LogP contribution in [0.5, 0.6) is 0 Å². The minimum absolute atomic E-state index is 0.313. The first-order valence-corrected chi connectivity index (χ1v) is 4.27. The second-order valence-corrected chi connectivity index (χ2v) is 3.86. The predicted molar refractivity (Wildman–Crippen MR) is 34.6 cm³/mol. The lowest BCUT2D eigenvalue weighted by molar-refractivity contribution is 0.213. The minimum Gasteiger partial charge on any atom is -0.395 e. The van der Waals surface area contributed by atoms with Crippen LogP contribution in [0.4, 0.5) is 8.78 Å². The Morgan fingerprint density at radius 1 is 1.55 bits per heavy atom. The van der Waals surface area contributed by atoms with Crippen LogP contribution in [0.15, 0.2) is 0 Å². The van der Waals surface area contributed by atoms with Gasteiger partial charge >= 0.3 is 5.76 Å². The molecule has 4 nitrogen and oxygen atoms in total. The quantitative estimate of drug-likeness (QED) is 0.646. The number of halogens is 2. The summed E-state index contributed by atoms with van der Waals surface area (Å²) >= 11 is 0. The van der Waals surface area contributed by atoms with Gasteiger partial charge in [-0.15, -0.1) is 0 Å². The first-order valence-electron chi connectivity index (χ1n) is 2.77. The van der Waals surface area contributed by atoms with Crippen molar-refractivity contribution >= 4 is 10.0 Å². The van der Waals surface area contributed by atoms with Gasteiger partial charge in [-0.05, 0) is 0 Å². The molecule has 0 aliphatic heterocycles. The Kier molecular flexibility index (Phi) is 3.84. The largest absolute Gasteiger partial charge is 0.395 e. The van der Waals surface area contributed by atoms with Crippen LogP contribution in [0.3, 0.4) is 0 Å². The van der Waals surface area contributed by atoms with Crippen molar-refractivity contribution in [3.8, 4) is 0 Å². The monoisotopic (exact) mass is 189 g/mol. The van der Waals surface area contributed by atoms with E-state index in [1.165, 1.54) is 0 Å². The zero-order chi connectivity index (χ0) is 9.07. The minimum atomic E-state index is -4.50. The molecule has 0 aromatic rings. The van der Waals surface area contributed by atoms with E-state index < -0.39 is 22.4 Å². The van der Waals surface area contributed by atoms with Crippen LogP contribution in [0.1, 0.15) is 0 Å². The van der Waals surface area contributed by atoms with Gasteiger partial charge in [-0.1, -0.05) is 0 Å². The molecule has 0 saturated carbocycles. The molecule has 0 aromatic carbocycles. The summed E-state index contributed by atoms with van der Waals surface area (Å²) in [7, 11) is -3.52. The van der Waals surface area contributed by atoms with Gasteiger partial charge in [0.2, 0.25) is 0 Å². The Morgan fingerprint density at radius 3 is 2.27 bits per heavy atom. The smallest absolute Gasteiger partial charge is 0.350 e. The number of alkyl halides is 2. The summed E-state index contributed by atoms with van der Waals surface area (Å²) in [6, 6.07) is 0. The summed E-state index contributed by atoms with van der Waals surface area (Å²) in [5, 5.41) is 8.23. The van der Waals surface area contributed by atoms with E-state index in [2.05, 4.69) is 0 Å². The number of likely N-dealkylation sites (N-methyl/N-ethyl adjacent to an activating group) is 1. The molecule has 68 valence electrons. The van der Waals surface area contributed by atoms with Crippen molar-refractivity contribution in [1.82, 2.24) is 4.31 Å². The standard InChI is InChI=1S/C4H9F2NO3S/c1-7(2-3-8)11(9,10)4(5)6/h4,8H,2-3H2,1H3. The van der Waals surface area contributed by atoms with Gasteiger partial charge < -0.3 is 5.11 Å². The van der Waals surface area contributed by atoms with Gasteiger partial charge in [-0.3, -0.25) is 0 Å². The van der Waals surface area contributed by atoms with Crippen LogP contribution in [-0.4, -0.2) is 43.8 Å². The molecule has 0 atom stereocenters. The van der Waals surface area contributed by atoms with Crippen LogP contribution in [0.25, 0.3) is 0 Å². The molecule has 0 spiro atoms. The molecule has 0 unspecified atom stereocenters. The van der Waals surface area contributed by atoms with Gasteiger partial charge in [0.25, 0.3) is 10.0 Å². The molecule has 0 amide bonds. The second-order valence-electron chi connectivity index (χ2n) is 1.85. The fourth-order valence-corrected chi connectivity index (χ4v) is 1.01. The van der Waals surface area contributed by atoms with Gasteiger partial charge in [-0.25, -0.2) is 8.42 Å². The molecule has 0 rings (SSSR count). The van der Waals surface area contributed by atoms with E-state index in [0.29, 0.717) is 4.31 Å². The molecule has 0 aromatic heterocycles. The van der Waals surface area contributed by atoms with Crippen molar-refractivity contribution in [2.75, 3.05) is 20.2 Å². The zero-order valence-electron chi connectivity index (χ0n) is 5.87. The molecule has 1 N–H and O–H groups in total. The molecule has 7 heteroatoms. The highest BCUT2D eigenvalue weighted by Crippen LogP contribution is 2.08. The topological polar surface area (TPSA) is 57.6 Å². The Bertz CT molecular complexity index is 203.